The van der Waals surface area contributed by atoms with Crippen LogP contribution in [-0.2, 0) is 10.9 Å². The van der Waals surface area contributed by atoms with E-state index in [4.69, 9.17) is 4.74 Å². The summed E-state index contributed by atoms with van der Waals surface area (Å²) in [6, 6.07) is 3.81. The van der Waals surface area contributed by atoms with Crippen LogP contribution in [0.3, 0.4) is 0 Å². The lowest BCUT2D eigenvalue weighted by atomic mass is 10.1. The normalized spacial score (nSPS) is 11.6. The maximum Gasteiger partial charge on any atom is 0.417 e. The van der Waals surface area contributed by atoms with E-state index in [1.807, 2.05) is 6.92 Å². The number of aromatic nitrogens is 3. The molecular formula is C19H20F3N5O2S. The molecule has 3 heterocycles. The van der Waals surface area contributed by atoms with E-state index < -0.39 is 17.8 Å². The second-order valence-electron chi connectivity index (χ2n) is 6.35. The van der Waals surface area contributed by atoms with Crippen LogP contribution in [0.1, 0.15) is 25.3 Å². The third-order valence-electron chi connectivity index (χ3n) is 3.94. The molecule has 3 aromatic rings. The standard InChI is InChI=1S/C19H20F3N5O2S/c1-2-7-29-8-3-6-24-17(28)27-18-26-15-5-4-14(25-16(15)30-18)12-9-13(11-23-10-12)19(20,21)22/h4-5,9-11H,2-3,6-8H2,1H3,(H2,24,26,27,28). The molecule has 0 atom stereocenters. The van der Waals surface area contributed by atoms with Gasteiger partial charge in [-0.3, -0.25) is 10.3 Å². The first kappa shape index (κ1) is 21.9. The summed E-state index contributed by atoms with van der Waals surface area (Å²) in [5.74, 6) is 0. The number of rotatable bonds is 8. The van der Waals surface area contributed by atoms with Crippen LogP contribution in [0.4, 0.5) is 23.1 Å². The van der Waals surface area contributed by atoms with E-state index in [0.717, 1.165) is 30.0 Å². The number of fused-ring (bicyclic) bond motifs is 1. The fourth-order valence-electron chi connectivity index (χ4n) is 2.53. The Hall–Kier alpha value is -2.79. The van der Waals surface area contributed by atoms with Gasteiger partial charge in [-0.15, -0.1) is 0 Å². The molecule has 160 valence electrons. The molecule has 0 spiro atoms. The quantitative estimate of drug-likeness (QED) is 0.496. The predicted octanol–water partition coefficient (Wildman–Crippen LogP) is 4.71. The SMILES string of the molecule is CCCOCCCNC(=O)Nc1nc2ccc(-c3cncc(C(F)(F)F)c3)nc2s1. The summed E-state index contributed by atoms with van der Waals surface area (Å²) >= 11 is 1.13. The van der Waals surface area contributed by atoms with Crippen molar-refractivity contribution in [3.05, 3.63) is 36.2 Å². The van der Waals surface area contributed by atoms with Crippen molar-refractivity contribution in [2.45, 2.75) is 25.9 Å². The highest BCUT2D eigenvalue weighted by atomic mass is 32.1. The van der Waals surface area contributed by atoms with E-state index in [0.29, 0.717) is 47.4 Å². The lowest BCUT2D eigenvalue weighted by Crippen LogP contribution is -2.30. The van der Waals surface area contributed by atoms with Crippen LogP contribution < -0.4 is 10.6 Å². The number of thiazole rings is 1. The van der Waals surface area contributed by atoms with Crippen molar-refractivity contribution in [3.63, 3.8) is 0 Å². The molecule has 0 saturated carbocycles. The second-order valence-corrected chi connectivity index (χ2v) is 7.32. The molecule has 0 bridgehead atoms. The molecule has 0 aliphatic heterocycles. The van der Waals surface area contributed by atoms with Gasteiger partial charge in [0.25, 0.3) is 0 Å². The number of urea groups is 1. The fraction of sp³-hybridized carbons (Fsp3) is 0.368. The predicted molar refractivity (Wildman–Crippen MR) is 108 cm³/mol. The topological polar surface area (TPSA) is 89.0 Å². The van der Waals surface area contributed by atoms with Crippen LogP contribution in [0.25, 0.3) is 21.6 Å². The Labute approximate surface area is 174 Å². The van der Waals surface area contributed by atoms with Crippen molar-refractivity contribution in [2.24, 2.45) is 0 Å². The number of pyridine rings is 2. The number of anilines is 1. The summed E-state index contributed by atoms with van der Waals surface area (Å²) in [4.78, 5) is 24.8. The van der Waals surface area contributed by atoms with Gasteiger partial charge in [0, 0.05) is 37.7 Å². The van der Waals surface area contributed by atoms with Crippen LogP contribution in [-0.4, -0.2) is 40.7 Å². The minimum absolute atomic E-state index is 0.248. The molecule has 0 unspecified atom stereocenters. The minimum atomic E-state index is -4.48. The van der Waals surface area contributed by atoms with Crippen LogP contribution in [0.15, 0.2) is 30.6 Å². The number of carbonyl (C=O) groups is 1. The maximum atomic E-state index is 12.9. The van der Waals surface area contributed by atoms with Gasteiger partial charge in [-0.25, -0.2) is 14.8 Å². The number of ether oxygens (including phenoxy) is 1. The smallest absolute Gasteiger partial charge is 0.381 e. The Morgan fingerprint density at radius 3 is 2.80 bits per heavy atom. The van der Waals surface area contributed by atoms with Crippen molar-refractivity contribution in [1.29, 1.82) is 0 Å². The molecule has 0 aromatic carbocycles. The van der Waals surface area contributed by atoms with Gasteiger partial charge in [0.05, 0.1) is 11.3 Å². The van der Waals surface area contributed by atoms with E-state index in [1.54, 1.807) is 12.1 Å². The van der Waals surface area contributed by atoms with Crippen LogP contribution in [0, 0.1) is 0 Å². The zero-order valence-electron chi connectivity index (χ0n) is 16.1. The molecule has 0 aliphatic carbocycles. The van der Waals surface area contributed by atoms with Crippen LogP contribution in [0.2, 0.25) is 0 Å². The monoisotopic (exact) mass is 439 g/mol. The number of amides is 2. The van der Waals surface area contributed by atoms with Gasteiger partial charge in [0.2, 0.25) is 0 Å². The highest BCUT2D eigenvalue weighted by molar-refractivity contribution is 7.21. The third-order valence-corrected chi connectivity index (χ3v) is 4.82. The fourth-order valence-corrected chi connectivity index (χ4v) is 3.36. The molecule has 30 heavy (non-hydrogen) atoms. The van der Waals surface area contributed by atoms with Gasteiger partial charge < -0.3 is 10.1 Å². The molecule has 11 heteroatoms. The Morgan fingerprint density at radius 1 is 1.20 bits per heavy atom. The van der Waals surface area contributed by atoms with Gasteiger partial charge in [-0.1, -0.05) is 18.3 Å². The van der Waals surface area contributed by atoms with E-state index in [9.17, 15) is 18.0 Å². The first-order chi connectivity index (χ1) is 14.4. The minimum Gasteiger partial charge on any atom is -0.381 e. The summed E-state index contributed by atoms with van der Waals surface area (Å²) in [5, 5.41) is 5.69. The molecule has 3 aromatic heterocycles. The Bertz CT molecular complexity index is 1010. The molecule has 7 nitrogen and oxygen atoms in total. The van der Waals surface area contributed by atoms with Crippen molar-refractivity contribution < 1.29 is 22.7 Å². The van der Waals surface area contributed by atoms with Gasteiger partial charge >= 0.3 is 12.2 Å². The Morgan fingerprint density at radius 2 is 2.03 bits per heavy atom. The lowest BCUT2D eigenvalue weighted by molar-refractivity contribution is -0.137. The van der Waals surface area contributed by atoms with Crippen LogP contribution >= 0.6 is 11.3 Å². The number of halogens is 3. The Balaban J connectivity index is 1.64. The lowest BCUT2D eigenvalue weighted by Gasteiger charge is -2.07. The van der Waals surface area contributed by atoms with E-state index >= 15 is 0 Å². The first-order valence-corrected chi connectivity index (χ1v) is 10.1. The Kier molecular flexibility index (Phi) is 7.16. The molecular weight excluding hydrogens is 419 g/mol. The number of hydrogen-bond acceptors (Lipinski definition) is 6. The van der Waals surface area contributed by atoms with Gasteiger partial charge in [0.1, 0.15) is 10.3 Å². The molecule has 2 amide bonds. The zero-order chi connectivity index (χ0) is 21.6. The number of nitrogens with zero attached hydrogens (tertiary/aromatic N) is 3. The summed E-state index contributed by atoms with van der Waals surface area (Å²) in [6.07, 6.45) is -0.745. The number of alkyl halides is 3. The van der Waals surface area contributed by atoms with Crippen molar-refractivity contribution in [2.75, 3.05) is 25.1 Å². The van der Waals surface area contributed by atoms with E-state index in [1.165, 1.54) is 6.20 Å². The maximum absolute atomic E-state index is 12.9. The third kappa shape index (κ3) is 5.86. The summed E-state index contributed by atoms with van der Waals surface area (Å²) < 4.78 is 44.1. The van der Waals surface area contributed by atoms with E-state index in [-0.39, 0.29) is 5.56 Å². The second kappa shape index (κ2) is 9.81. The average molecular weight is 439 g/mol. The first-order valence-electron chi connectivity index (χ1n) is 9.29. The largest absolute Gasteiger partial charge is 0.417 e. The molecule has 0 aliphatic rings. The van der Waals surface area contributed by atoms with Crippen molar-refractivity contribution >= 4 is 32.8 Å². The molecule has 0 saturated heterocycles. The number of hydrogen-bond donors (Lipinski definition) is 2. The van der Waals surface area contributed by atoms with E-state index in [2.05, 4.69) is 25.6 Å². The van der Waals surface area contributed by atoms with Crippen molar-refractivity contribution in [1.82, 2.24) is 20.3 Å². The molecule has 0 fully saturated rings. The molecule has 0 radical (unpaired) electrons. The highest BCUT2D eigenvalue weighted by Crippen LogP contribution is 2.32. The highest BCUT2D eigenvalue weighted by Gasteiger charge is 2.31. The van der Waals surface area contributed by atoms with Gasteiger partial charge in [-0.2, -0.15) is 13.2 Å². The molecule has 3 rings (SSSR count). The average Bonchev–Trinajstić information content (AvgIpc) is 3.11. The van der Waals surface area contributed by atoms with Gasteiger partial charge in [0.15, 0.2) is 5.13 Å². The van der Waals surface area contributed by atoms with Crippen LogP contribution in [0.5, 0.6) is 0 Å². The van der Waals surface area contributed by atoms with Gasteiger partial charge in [-0.05, 0) is 31.0 Å². The summed E-state index contributed by atoms with van der Waals surface area (Å²) in [6.45, 7) is 3.76. The molecule has 2 N–H and O–H groups in total. The zero-order valence-corrected chi connectivity index (χ0v) is 16.9. The summed E-state index contributed by atoms with van der Waals surface area (Å²) in [5.41, 5.74) is 0.280. The summed E-state index contributed by atoms with van der Waals surface area (Å²) in [7, 11) is 0. The number of nitrogens with one attached hydrogen (secondary N) is 2. The van der Waals surface area contributed by atoms with Crippen molar-refractivity contribution in [3.8, 4) is 11.3 Å². The number of carbonyl (C=O) groups excluding carboxylic acids is 1.